The van der Waals surface area contributed by atoms with Gasteiger partial charge in [0.25, 0.3) is 0 Å². The number of hydrogen-bond donors (Lipinski definition) is 4. The summed E-state index contributed by atoms with van der Waals surface area (Å²) >= 11 is 0. The van der Waals surface area contributed by atoms with Gasteiger partial charge in [-0.1, -0.05) is 0 Å². The van der Waals surface area contributed by atoms with Gasteiger partial charge in [-0.3, -0.25) is 4.57 Å². The van der Waals surface area contributed by atoms with Gasteiger partial charge in [0.2, 0.25) is 5.75 Å². The summed E-state index contributed by atoms with van der Waals surface area (Å²) in [6, 6.07) is 3.64. The number of hydrogen-bond acceptors (Lipinski definition) is 12. The average Bonchev–Trinajstić information content (AvgIpc) is 3.39. The van der Waals surface area contributed by atoms with E-state index in [1.165, 1.54) is 18.0 Å². The first-order chi connectivity index (χ1) is 16.4. The van der Waals surface area contributed by atoms with Gasteiger partial charge in [0, 0.05) is 6.42 Å². The molecule has 0 bridgehead atoms. The molecule has 3 aromatic rings. The fraction of sp³-hybridized carbons (Fsp3) is 0.476. The van der Waals surface area contributed by atoms with E-state index < -0.39 is 31.1 Å². The van der Waals surface area contributed by atoms with Crippen LogP contribution in [0, 0.1) is 0 Å². The lowest BCUT2D eigenvalue weighted by Crippen LogP contribution is -2.33. The van der Waals surface area contributed by atoms with Gasteiger partial charge in [-0.25, -0.2) is 4.98 Å². The predicted molar refractivity (Wildman–Crippen MR) is 118 cm³/mol. The zero-order valence-corrected chi connectivity index (χ0v) is 18.9. The monoisotopic (exact) mass is 477 g/mol. The van der Waals surface area contributed by atoms with Crippen LogP contribution >= 0.6 is 0 Å². The Morgan fingerprint density at radius 1 is 1.06 bits per heavy atom. The molecule has 0 aliphatic carbocycles. The maximum atomic E-state index is 10.3. The van der Waals surface area contributed by atoms with E-state index in [-0.39, 0.29) is 29.6 Å². The standard InChI is InChI=1S/C21H27N5O8/c1-30-11-6-10(7-12(31-2)17(11)32-3)4-5-33-21-24-18(22)14-19(25-21)26(9-23-14)20-16(29)15(28)13(8-27)34-20/h6-7,9,13,15-16,20,27-29H,4-5,8H2,1-3H3,(H2,22,24,25)/t13-,15?,16?,20-/m1/s1. The summed E-state index contributed by atoms with van der Waals surface area (Å²) in [7, 11) is 4.62. The molecule has 3 heterocycles. The number of ether oxygens (including phenoxy) is 5. The van der Waals surface area contributed by atoms with Gasteiger partial charge >= 0.3 is 6.01 Å². The Morgan fingerprint density at radius 2 is 1.76 bits per heavy atom. The van der Waals surface area contributed by atoms with E-state index >= 15 is 0 Å². The number of fused-ring (bicyclic) bond motifs is 1. The van der Waals surface area contributed by atoms with Crippen molar-refractivity contribution in [3.8, 4) is 23.3 Å². The van der Waals surface area contributed by atoms with Gasteiger partial charge in [-0.2, -0.15) is 9.97 Å². The summed E-state index contributed by atoms with van der Waals surface area (Å²) in [6.45, 7) is -0.237. The Morgan fingerprint density at radius 3 is 2.35 bits per heavy atom. The molecule has 5 N–H and O–H groups in total. The van der Waals surface area contributed by atoms with Gasteiger partial charge in [0.1, 0.15) is 18.3 Å². The quantitative estimate of drug-likeness (QED) is 0.316. The molecule has 184 valence electrons. The Hall–Kier alpha value is -3.39. The third-order valence-corrected chi connectivity index (χ3v) is 5.57. The number of nitrogens with zero attached hydrogens (tertiary/aromatic N) is 4. The first-order valence-corrected chi connectivity index (χ1v) is 10.5. The molecule has 13 nitrogen and oxygen atoms in total. The van der Waals surface area contributed by atoms with Crippen molar-refractivity contribution in [3.63, 3.8) is 0 Å². The molecular formula is C21H27N5O8. The number of rotatable bonds is 9. The van der Waals surface area contributed by atoms with Crippen molar-refractivity contribution < 1.29 is 39.0 Å². The highest BCUT2D eigenvalue weighted by molar-refractivity contribution is 5.82. The number of aromatic nitrogens is 4. The van der Waals surface area contributed by atoms with E-state index in [4.69, 9.17) is 29.4 Å². The second-order valence-electron chi connectivity index (χ2n) is 7.58. The number of nitrogen functional groups attached to an aromatic ring is 1. The van der Waals surface area contributed by atoms with Crippen molar-refractivity contribution in [1.82, 2.24) is 19.5 Å². The zero-order chi connectivity index (χ0) is 24.4. The first-order valence-electron chi connectivity index (χ1n) is 10.5. The lowest BCUT2D eigenvalue weighted by atomic mass is 10.1. The van der Waals surface area contributed by atoms with Crippen molar-refractivity contribution in [1.29, 1.82) is 0 Å². The minimum atomic E-state index is -1.30. The smallest absolute Gasteiger partial charge is 0.320 e. The van der Waals surface area contributed by atoms with Crippen molar-refractivity contribution >= 4 is 17.0 Å². The number of methoxy groups -OCH3 is 3. The maximum Gasteiger partial charge on any atom is 0.320 e. The second-order valence-corrected chi connectivity index (χ2v) is 7.58. The first kappa shape index (κ1) is 23.8. The van der Waals surface area contributed by atoms with Gasteiger partial charge in [0.15, 0.2) is 34.7 Å². The third kappa shape index (κ3) is 4.25. The molecule has 4 atom stereocenters. The van der Waals surface area contributed by atoms with Gasteiger partial charge in [0.05, 0.1) is 40.9 Å². The van der Waals surface area contributed by atoms with Gasteiger partial charge in [-0.05, 0) is 17.7 Å². The number of aliphatic hydroxyl groups is 3. The summed E-state index contributed by atoms with van der Waals surface area (Å²) in [5, 5.41) is 29.8. The molecule has 0 amide bonds. The van der Waals surface area contributed by atoms with Crippen molar-refractivity contribution in [2.75, 3.05) is 40.3 Å². The van der Waals surface area contributed by atoms with Crippen molar-refractivity contribution in [2.45, 2.75) is 31.0 Å². The molecule has 1 aliphatic heterocycles. The van der Waals surface area contributed by atoms with Crippen LogP contribution in [0.1, 0.15) is 11.8 Å². The summed E-state index contributed by atoms with van der Waals surface area (Å²) in [5.74, 6) is 1.63. The Kier molecular flexibility index (Phi) is 6.88. The molecule has 2 aromatic heterocycles. The third-order valence-electron chi connectivity index (χ3n) is 5.57. The topological polar surface area (TPSA) is 176 Å². The summed E-state index contributed by atoms with van der Waals surface area (Å²) in [4.78, 5) is 12.7. The molecule has 1 aliphatic rings. The average molecular weight is 477 g/mol. The molecule has 1 aromatic carbocycles. The Balaban J connectivity index is 1.53. The fourth-order valence-electron chi connectivity index (χ4n) is 3.82. The van der Waals surface area contributed by atoms with E-state index in [1.807, 2.05) is 12.1 Å². The zero-order valence-electron chi connectivity index (χ0n) is 18.9. The van der Waals surface area contributed by atoms with Crippen LogP contribution in [0.2, 0.25) is 0 Å². The number of benzene rings is 1. The molecule has 1 fully saturated rings. The van der Waals surface area contributed by atoms with Gasteiger partial charge in [-0.15, -0.1) is 0 Å². The van der Waals surface area contributed by atoms with Crippen LogP contribution in [-0.2, 0) is 11.2 Å². The van der Waals surface area contributed by atoms with E-state index in [1.54, 1.807) is 14.2 Å². The van der Waals surface area contributed by atoms with E-state index in [0.29, 0.717) is 23.7 Å². The van der Waals surface area contributed by atoms with E-state index in [2.05, 4.69) is 15.0 Å². The Labute approximate surface area is 194 Å². The Bertz CT molecular complexity index is 1130. The van der Waals surface area contributed by atoms with Crippen LogP contribution in [0.4, 0.5) is 5.82 Å². The van der Waals surface area contributed by atoms with Crippen LogP contribution < -0.4 is 24.7 Å². The summed E-state index contributed by atoms with van der Waals surface area (Å²) in [5.41, 5.74) is 7.45. The van der Waals surface area contributed by atoms with E-state index in [0.717, 1.165) is 5.56 Å². The van der Waals surface area contributed by atoms with Crippen LogP contribution in [0.5, 0.6) is 23.3 Å². The van der Waals surface area contributed by atoms with Crippen LogP contribution in [0.15, 0.2) is 18.5 Å². The lowest BCUT2D eigenvalue weighted by Gasteiger charge is -2.16. The van der Waals surface area contributed by atoms with Crippen LogP contribution in [-0.4, -0.2) is 87.7 Å². The number of nitrogens with two attached hydrogens (primary N) is 1. The fourth-order valence-corrected chi connectivity index (χ4v) is 3.82. The lowest BCUT2D eigenvalue weighted by molar-refractivity contribution is -0.0511. The molecule has 34 heavy (non-hydrogen) atoms. The molecule has 0 spiro atoms. The normalized spacial score (nSPS) is 22.2. The molecule has 2 unspecified atom stereocenters. The van der Waals surface area contributed by atoms with Crippen molar-refractivity contribution in [3.05, 3.63) is 24.0 Å². The molecule has 1 saturated heterocycles. The summed E-state index contributed by atoms with van der Waals surface area (Å²) < 4.78 is 28.8. The highest BCUT2D eigenvalue weighted by Crippen LogP contribution is 2.38. The van der Waals surface area contributed by atoms with E-state index in [9.17, 15) is 15.3 Å². The molecule has 4 rings (SSSR count). The molecular weight excluding hydrogens is 450 g/mol. The van der Waals surface area contributed by atoms with Crippen LogP contribution in [0.25, 0.3) is 11.2 Å². The summed E-state index contributed by atoms with van der Waals surface area (Å²) in [6.07, 6.45) is -2.66. The highest BCUT2D eigenvalue weighted by atomic mass is 16.6. The van der Waals surface area contributed by atoms with Crippen molar-refractivity contribution in [2.24, 2.45) is 0 Å². The predicted octanol–water partition coefficient (Wildman–Crippen LogP) is -0.333. The number of aliphatic hydroxyl groups excluding tert-OH is 3. The number of imidazole rings is 1. The molecule has 13 heteroatoms. The molecule has 0 radical (unpaired) electrons. The largest absolute Gasteiger partial charge is 0.493 e. The molecule has 0 saturated carbocycles. The van der Waals surface area contributed by atoms with Crippen LogP contribution in [0.3, 0.4) is 0 Å². The second kappa shape index (κ2) is 9.85. The maximum absolute atomic E-state index is 10.3. The SMILES string of the molecule is COc1cc(CCOc2nc(N)c3ncn([C@@H]4O[C@H](CO)C(O)C4O)c3n2)cc(OC)c1OC. The minimum Gasteiger partial charge on any atom is -0.493 e. The minimum absolute atomic E-state index is 0.00550. The number of anilines is 1. The highest BCUT2D eigenvalue weighted by Gasteiger charge is 2.44. The van der Waals surface area contributed by atoms with Gasteiger partial charge < -0.3 is 44.7 Å².